The van der Waals surface area contributed by atoms with Gasteiger partial charge in [-0.3, -0.25) is 14.1 Å². The van der Waals surface area contributed by atoms with E-state index in [1.165, 1.54) is 12.1 Å². The number of halogens is 1. The maximum atomic E-state index is 13.5. The third-order valence-corrected chi connectivity index (χ3v) is 5.38. The molecule has 3 aromatic heterocycles. The van der Waals surface area contributed by atoms with Gasteiger partial charge in [0.05, 0.1) is 28.6 Å². The minimum Gasteiger partial charge on any atom is -0.336 e. The molecule has 0 saturated carbocycles. The fourth-order valence-corrected chi connectivity index (χ4v) is 3.81. The van der Waals surface area contributed by atoms with E-state index < -0.39 is 0 Å². The van der Waals surface area contributed by atoms with Crippen LogP contribution in [0.5, 0.6) is 0 Å². The van der Waals surface area contributed by atoms with E-state index >= 15 is 0 Å². The highest BCUT2D eigenvalue weighted by Crippen LogP contribution is 2.34. The van der Waals surface area contributed by atoms with Crippen LogP contribution in [0.25, 0.3) is 45.1 Å². The molecule has 7 nitrogen and oxygen atoms in total. The van der Waals surface area contributed by atoms with Crippen LogP contribution in [0, 0.1) is 5.82 Å². The van der Waals surface area contributed by atoms with E-state index in [-0.39, 0.29) is 11.5 Å². The van der Waals surface area contributed by atoms with Gasteiger partial charge in [0.25, 0.3) is 0 Å². The zero-order valence-corrected chi connectivity index (χ0v) is 17.0. The number of aromatic nitrogens is 6. The summed E-state index contributed by atoms with van der Waals surface area (Å²) < 4.78 is 16.9. The molecule has 0 spiro atoms. The first-order valence-corrected chi connectivity index (χ1v) is 9.88. The van der Waals surface area contributed by atoms with E-state index in [4.69, 9.17) is 4.98 Å². The van der Waals surface area contributed by atoms with Crippen LogP contribution in [0.1, 0.15) is 6.92 Å². The number of nitrogens with one attached hydrogen (secondary N) is 1. The first-order chi connectivity index (χ1) is 15.1. The summed E-state index contributed by atoms with van der Waals surface area (Å²) in [7, 11) is 1.76. The number of nitrogens with zero attached hydrogens (tertiary/aromatic N) is 5. The molecule has 8 heteroatoms. The van der Waals surface area contributed by atoms with Crippen LogP contribution >= 0.6 is 0 Å². The number of H-pyrrole nitrogens is 1. The Morgan fingerprint density at radius 3 is 2.52 bits per heavy atom. The van der Waals surface area contributed by atoms with Crippen molar-refractivity contribution >= 4 is 11.0 Å². The zero-order valence-electron chi connectivity index (χ0n) is 17.0. The minimum atomic E-state index is -0.309. The van der Waals surface area contributed by atoms with E-state index in [2.05, 4.69) is 15.0 Å². The summed E-state index contributed by atoms with van der Waals surface area (Å²) in [5.41, 5.74) is 5.27. The molecule has 0 saturated heterocycles. The van der Waals surface area contributed by atoms with Crippen LogP contribution in [-0.4, -0.2) is 29.1 Å². The van der Waals surface area contributed by atoms with Gasteiger partial charge in [0.1, 0.15) is 11.5 Å². The molecule has 0 radical (unpaired) electrons. The number of imidazole rings is 2. The highest BCUT2D eigenvalue weighted by Gasteiger charge is 2.18. The quantitative estimate of drug-likeness (QED) is 0.482. The largest absolute Gasteiger partial charge is 0.336 e. The van der Waals surface area contributed by atoms with Gasteiger partial charge in [0.2, 0.25) is 0 Å². The molecule has 0 aliphatic rings. The summed E-state index contributed by atoms with van der Waals surface area (Å²) in [6, 6.07) is 12.1. The molecule has 0 bridgehead atoms. The molecule has 1 N–H and O–H groups in total. The van der Waals surface area contributed by atoms with E-state index in [0.717, 1.165) is 27.9 Å². The number of rotatable bonds is 4. The van der Waals surface area contributed by atoms with Gasteiger partial charge in [-0.05, 0) is 43.3 Å². The molecule has 5 rings (SSSR count). The van der Waals surface area contributed by atoms with Crippen LogP contribution in [0.4, 0.5) is 4.39 Å². The lowest BCUT2D eigenvalue weighted by Crippen LogP contribution is -2.21. The van der Waals surface area contributed by atoms with Gasteiger partial charge in [0.15, 0.2) is 5.82 Å². The zero-order chi connectivity index (χ0) is 21.5. The van der Waals surface area contributed by atoms with Crippen LogP contribution in [-0.2, 0) is 13.6 Å². The summed E-state index contributed by atoms with van der Waals surface area (Å²) in [4.78, 5) is 29.1. The SMILES string of the molecule is CCn1c(=O)n(C)c2cc(-c3nc(-c4cnccn4)[nH]c3-c3ccc(F)cc3)ccc21. The highest BCUT2D eigenvalue weighted by atomic mass is 19.1. The summed E-state index contributed by atoms with van der Waals surface area (Å²) in [6.45, 7) is 2.54. The van der Waals surface area contributed by atoms with Crippen molar-refractivity contribution < 1.29 is 4.39 Å². The van der Waals surface area contributed by atoms with Crippen molar-refractivity contribution in [3.8, 4) is 34.0 Å². The number of fused-ring (bicyclic) bond motifs is 1. The van der Waals surface area contributed by atoms with Gasteiger partial charge in [-0.2, -0.15) is 0 Å². The van der Waals surface area contributed by atoms with Crippen molar-refractivity contribution in [2.45, 2.75) is 13.5 Å². The highest BCUT2D eigenvalue weighted by molar-refractivity contribution is 5.87. The summed E-state index contributed by atoms with van der Waals surface area (Å²) in [5, 5.41) is 0. The molecule has 0 fully saturated rings. The smallest absolute Gasteiger partial charge is 0.328 e. The van der Waals surface area contributed by atoms with Gasteiger partial charge >= 0.3 is 5.69 Å². The van der Waals surface area contributed by atoms with Crippen LogP contribution in [0.2, 0.25) is 0 Å². The van der Waals surface area contributed by atoms with Gasteiger partial charge in [-0.25, -0.2) is 19.2 Å². The standard InChI is InChI=1S/C23H19FN6O/c1-3-30-18-9-6-15(12-19(18)29(2)23(30)31)21-20(14-4-7-16(24)8-5-14)27-22(28-21)17-13-25-10-11-26-17/h4-13H,3H2,1-2H3,(H,27,28). The summed E-state index contributed by atoms with van der Waals surface area (Å²) >= 11 is 0. The maximum Gasteiger partial charge on any atom is 0.328 e. The second-order valence-electron chi connectivity index (χ2n) is 7.20. The van der Waals surface area contributed by atoms with Gasteiger partial charge in [0, 0.05) is 37.1 Å². The third-order valence-electron chi connectivity index (χ3n) is 5.38. The van der Waals surface area contributed by atoms with Crippen molar-refractivity contribution in [2.75, 3.05) is 0 Å². The molecule has 0 aliphatic carbocycles. The van der Waals surface area contributed by atoms with Crippen molar-refractivity contribution in [1.29, 1.82) is 0 Å². The monoisotopic (exact) mass is 414 g/mol. The first-order valence-electron chi connectivity index (χ1n) is 9.88. The molecule has 0 aliphatic heterocycles. The predicted molar refractivity (Wildman–Crippen MR) is 117 cm³/mol. The number of aromatic amines is 1. The Hall–Kier alpha value is -4.07. The van der Waals surface area contributed by atoms with Crippen molar-refractivity contribution in [1.82, 2.24) is 29.1 Å². The van der Waals surface area contributed by atoms with Crippen LogP contribution in [0.15, 0.2) is 65.8 Å². The summed E-state index contributed by atoms with van der Waals surface area (Å²) in [6.07, 6.45) is 4.83. The van der Waals surface area contributed by atoms with Gasteiger partial charge in [-0.15, -0.1) is 0 Å². The molecule has 0 unspecified atom stereocenters. The van der Waals surface area contributed by atoms with Gasteiger partial charge < -0.3 is 4.98 Å². The van der Waals surface area contributed by atoms with E-state index in [1.54, 1.807) is 46.9 Å². The minimum absolute atomic E-state index is 0.0596. The van der Waals surface area contributed by atoms with E-state index in [9.17, 15) is 9.18 Å². The normalized spacial score (nSPS) is 11.3. The third kappa shape index (κ3) is 3.13. The molecular weight excluding hydrogens is 395 g/mol. The Labute approximate surface area is 176 Å². The molecule has 0 atom stereocenters. The van der Waals surface area contributed by atoms with E-state index in [1.807, 2.05) is 25.1 Å². The topological polar surface area (TPSA) is 81.4 Å². The Kier molecular flexibility index (Phi) is 4.47. The predicted octanol–water partition coefficient (Wildman–Crippen LogP) is 4.01. The Morgan fingerprint density at radius 1 is 1.03 bits per heavy atom. The summed E-state index contributed by atoms with van der Waals surface area (Å²) in [5.74, 6) is 0.249. The van der Waals surface area contributed by atoms with Crippen LogP contribution in [0.3, 0.4) is 0 Å². The number of hydrogen-bond donors (Lipinski definition) is 1. The maximum absolute atomic E-state index is 13.5. The molecule has 0 amide bonds. The van der Waals surface area contributed by atoms with Gasteiger partial charge in [-0.1, -0.05) is 6.07 Å². The average Bonchev–Trinajstić information content (AvgIpc) is 3.35. The average molecular weight is 414 g/mol. The molecule has 154 valence electrons. The second kappa shape index (κ2) is 7.32. The van der Waals surface area contributed by atoms with Crippen molar-refractivity contribution in [3.05, 3.63) is 77.4 Å². The lowest BCUT2D eigenvalue weighted by atomic mass is 10.0. The fraction of sp³-hybridized carbons (Fsp3) is 0.130. The van der Waals surface area contributed by atoms with Crippen LogP contribution < -0.4 is 5.69 Å². The Balaban J connectivity index is 1.74. The second-order valence-corrected chi connectivity index (χ2v) is 7.20. The Morgan fingerprint density at radius 2 is 1.81 bits per heavy atom. The molecule has 5 aromatic rings. The lowest BCUT2D eigenvalue weighted by Gasteiger charge is -2.05. The number of hydrogen-bond acceptors (Lipinski definition) is 4. The number of benzene rings is 2. The molecule has 3 heterocycles. The lowest BCUT2D eigenvalue weighted by molar-refractivity contribution is 0.628. The molecule has 31 heavy (non-hydrogen) atoms. The first kappa shape index (κ1) is 18.9. The molecular formula is C23H19FN6O. The van der Waals surface area contributed by atoms with Crippen molar-refractivity contribution in [3.63, 3.8) is 0 Å². The fourth-order valence-electron chi connectivity index (χ4n) is 3.81. The molecule has 2 aromatic carbocycles. The Bertz CT molecular complexity index is 1450. The van der Waals surface area contributed by atoms with Crippen molar-refractivity contribution in [2.24, 2.45) is 7.05 Å². The van der Waals surface area contributed by atoms with E-state index in [0.29, 0.717) is 23.8 Å². The number of aryl methyl sites for hydroxylation is 2.